The minimum absolute atomic E-state index is 0.188. The highest BCUT2D eigenvalue weighted by molar-refractivity contribution is 5.77. The largest absolute Gasteiger partial charge is 0.494 e. The molecule has 0 aromatic heterocycles. The van der Waals surface area contributed by atoms with Crippen molar-refractivity contribution in [2.24, 2.45) is 5.92 Å². The standard InChI is InChI=1S/C21H30N2O3/c1-3-25-20-9-15-8-13(2)26-19(15)11-17(20)16-10-18(16)23-21(24)5-4-14-6-7-22-12-14/h9,11,13-14,16,18,22H,3-8,10,12H2,1-2H3,(H,23,24). The molecule has 1 aromatic rings. The second kappa shape index (κ2) is 7.47. The Morgan fingerprint density at radius 2 is 2.31 bits per heavy atom. The smallest absolute Gasteiger partial charge is 0.220 e. The predicted octanol–water partition coefficient (Wildman–Crippen LogP) is 2.77. The molecule has 26 heavy (non-hydrogen) atoms. The summed E-state index contributed by atoms with van der Waals surface area (Å²) < 4.78 is 11.8. The van der Waals surface area contributed by atoms with E-state index in [1.54, 1.807) is 0 Å². The lowest BCUT2D eigenvalue weighted by Crippen LogP contribution is -2.27. The van der Waals surface area contributed by atoms with Crippen LogP contribution in [-0.2, 0) is 11.2 Å². The molecule has 5 nitrogen and oxygen atoms in total. The molecular weight excluding hydrogens is 328 g/mol. The zero-order chi connectivity index (χ0) is 18.1. The maximum Gasteiger partial charge on any atom is 0.220 e. The molecule has 4 atom stereocenters. The Morgan fingerprint density at radius 3 is 3.08 bits per heavy atom. The van der Waals surface area contributed by atoms with Crippen molar-refractivity contribution in [3.63, 3.8) is 0 Å². The molecule has 1 aliphatic carbocycles. The minimum Gasteiger partial charge on any atom is -0.494 e. The zero-order valence-electron chi connectivity index (χ0n) is 15.8. The van der Waals surface area contributed by atoms with E-state index in [1.165, 1.54) is 17.5 Å². The molecule has 142 valence electrons. The highest BCUT2D eigenvalue weighted by Gasteiger charge is 2.42. The Hall–Kier alpha value is -1.75. The number of benzene rings is 1. The highest BCUT2D eigenvalue weighted by Crippen LogP contribution is 2.48. The number of amides is 1. The van der Waals surface area contributed by atoms with Crippen LogP contribution in [0.25, 0.3) is 0 Å². The first-order valence-electron chi connectivity index (χ1n) is 10.1. The van der Waals surface area contributed by atoms with Crippen LogP contribution in [0.5, 0.6) is 11.5 Å². The third-order valence-corrected chi connectivity index (χ3v) is 5.81. The van der Waals surface area contributed by atoms with Gasteiger partial charge in [0.1, 0.15) is 17.6 Å². The van der Waals surface area contributed by atoms with E-state index in [4.69, 9.17) is 9.47 Å². The van der Waals surface area contributed by atoms with Crippen LogP contribution in [-0.4, -0.2) is 37.7 Å². The molecule has 3 aliphatic rings. The number of hydrogen-bond donors (Lipinski definition) is 2. The lowest BCUT2D eigenvalue weighted by atomic mass is 10.0. The summed E-state index contributed by atoms with van der Waals surface area (Å²) in [6.45, 7) is 6.92. The first-order valence-corrected chi connectivity index (χ1v) is 10.1. The third-order valence-electron chi connectivity index (χ3n) is 5.81. The molecule has 0 bridgehead atoms. The topological polar surface area (TPSA) is 59.6 Å². The van der Waals surface area contributed by atoms with Gasteiger partial charge in [0.25, 0.3) is 0 Å². The Kier molecular flexibility index (Phi) is 5.07. The molecule has 5 heteroatoms. The van der Waals surface area contributed by atoms with Crippen LogP contribution < -0.4 is 20.1 Å². The van der Waals surface area contributed by atoms with E-state index in [0.717, 1.165) is 43.9 Å². The first-order chi connectivity index (χ1) is 12.6. The van der Waals surface area contributed by atoms with Gasteiger partial charge in [-0.15, -0.1) is 0 Å². The van der Waals surface area contributed by atoms with Gasteiger partial charge >= 0.3 is 0 Å². The van der Waals surface area contributed by atoms with Gasteiger partial charge in [-0.2, -0.15) is 0 Å². The average Bonchev–Trinajstić information content (AvgIpc) is 3.02. The van der Waals surface area contributed by atoms with Crippen LogP contribution >= 0.6 is 0 Å². The minimum atomic E-state index is 0.188. The van der Waals surface area contributed by atoms with Crippen LogP contribution in [0.15, 0.2) is 12.1 Å². The Bertz CT molecular complexity index is 669. The Balaban J connectivity index is 1.36. The van der Waals surface area contributed by atoms with Gasteiger partial charge in [-0.1, -0.05) is 0 Å². The molecule has 1 aromatic carbocycles. The van der Waals surface area contributed by atoms with Crippen molar-refractivity contribution in [2.45, 2.75) is 64.0 Å². The van der Waals surface area contributed by atoms with Gasteiger partial charge in [-0.3, -0.25) is 4.79 Å². The molecular formula is C21H30N2O3. The van der Waals surface area contributed by atoms with E-state index in [9.17, 15) is 4.79 Å². The second-order valence-corrected chi connectivity index (χ2v) is 7.98. The quantitative estimate of drug-likeness (QED) is 0.787. The Morgan fingerprint density at radius 1 is 1.42 bits per heavy atom. The lowest BCUT2D eigenvalue weighted by Gasteiger charge is -2.13. The molecule has 2 aliphatic heterocycles. The summed E-state index contributed by atoms with van der Waals surface area (Å²) in [4.78, 5) is 12.3. The zero-order valence-corrected chi connectivity index (χ0v) is 15.8. The van der Waals surface area contributed by atoms with Crippen LogP contribution in [0.1, 0.15) is 56.6 Å². The van der Waals surface area contributed by atoms with E-state index >= 15 is 0 Å². The molecule has 1 amide bonds. The van der Waals surface area contributed by atoms with Crippen LogP contribution in [0.3, 0.4) is 0 Å². The van der Waals surface area contributed by atoms with Crippen molar-refractivity contribution < 1.29 is 14.3 Å². The molecule has 2 heterocycles. The number of nitrogens with one attached hydrogen (secondary N) is 2. The van der Waals surface area contributed by atoms with Crippen LogP contribution in [0.4, 0.5) is 0 Å². The van der Waals surface area contributed by atoms with Crippen molar-refractivity contribution in [1.29, 1.82) is 0 Å². The number of carbonyl (C=O) groups excluding carboxylic acids is 1. The van der Waals surface area contributed by atoms with Gasteiger partial charge in [-0.05, 0) is 64.3 Å². The second-order valence-electron chi connectivity index (χ2n) is 7.98. The SMILES string of the molecule is CCOc1cc2c(cc1C1CC1NC(=O)CCC1CCNC1)OC(C)C2. The molecule has 1 saturated heterocycles. The number of rotatable bonds is 7. The summed E-state index contributed by atoms with van der Waals surface area (Å²) >= 11 is 0. The monoisotopic (exact) mass is 358 g/mol. The first kappa shape index (κ1) is 17.7. The van der Waals surface area contributed by atoms with Crippen molar-refractivity contribution in [1.82, 2.24) is 10.6 Å². The lowest BCUT2D eigenvalue weighted by molar-refractivity contribution is -0.121. The maximum atomic E-state index is 12.3. The van der Waals surface area contributed by atoms with Gasteiger partial charge in [0.2, 0.25) is 5.91 Å². The maximum absolute atomic E-state index is 12.3. The van der Waals surface area contributed by atoms with E-state index < -0.39 is 0 Å². The van der Waals surface area contributed by atoms with Gasteiger partial charge in [-0.25, -0.2) is 0 Å². The summed E-state index contributed by atoms with van der Waals surface area (Å²) in [5.74, 6) is 3.15. The van der Waals surface area contributed by atoms with Gasteiger partial charge < -0.3 is 20.1 Å². The van der Waals surface area contributed by atoms with Gasteiger partial charge in [0, 0.05) is 35.9 Å². The van der Waals surface area contributed by atoms with Crippen molar-refractivity contribution >= 4 is 5.91 Å². The summed E-state index contributed by atoms with van der Waals surface area (Å²) in [6.07, 6.45) is 4.99. The van der Waals surface area contributed by atoms with Crippen molar-refractivity contribution in [3.8, 4) is 11.5 Å². The highest BCUT2D eigenvalue weighted by atomic mass is 16.5. The third kappa shape index (κ3) is 3.83. The van der Waals surface area contributed by atoms with Gasteiger partial charge in [0.05, 0.1) is 6.61 Å². The van der Waals surface area contributed by atoms with Crippen LogP contribution in [0, 0.1) is 5.92 Å². The molecule has 0 radical (unpaired) electrons. The number of hydrogen-bond acceptors (Lipinski definition) is 4. The number of carbonyl (C=O) groups is 1. The predicted molar refractivity (Wildman–Crippen MR) is 101 cm³/mol. The fourth-order valence-corrected chi connectivity index (χ4v) is 4.30. The van der Waals surface area contributed by atoms with Gasteiger partial charge in [0.15, 0.2) is 0 Å². The normalized spacial score (nSPS) is 29.2. The van der Waals surface area contributed by atoms with E-state index in [-0.39, 0.29) is 18.1 Å². The van der Waals surface area contributed by atoms with E-state index in [0.29, 0.717) is 24.9 Å². The summed E-state index contributed by atoms with van der Waals surface area (Å²) in [5.41, 5.74) is 2.42. The number of fused-ring (bicyclic) bond motifs is 1. The fraction of sp³-hybridized carbons (Fsp3) is 0.667. The molecule has 4 rings (SSSR count). The fourth-order valence-electron chi connectivity index (χ4n) is 4.30. The van der Waals surface area contributed by atoms with Crippen molar-refractivity contribution in [2.75, 3.05) is 19.7 Å². The molecule has 1 saturated carbocycles. The molecule has 0 spiro atoms. The summed E-state index contributed by atoms with van der Waals surface area (Å²) in [5, 5.41) is 6.58. The van der Waals surface area contributed by atoms with Crippen LogP contribution in [0.2, 0.25) is 0 Å². The van der Waals surface area contributed by atoms with E-state index in [1.807, 2.05) is 6.92 Å². The number of ether oxygens (including phenoxy) is 2. The molecule has 2 fully saturated rings. The average molecular weight is 358 g/mol. The summed E-state index contributed by atoms with van der Waals surface area (Å²) in [6, 6.07) is 4.52. The molecule has 4 unspecified atom stereocenters. The van der Waals surface area contributed by atoms with E-state index in [2.05, 4.69) is 29.7 Å². The van der Waals surface area contributed by atoms with Crippen molar-refractivity contribution in [3.05, 3.63) is 23.3 Å². The Labute approximate surface area is 155 Å². The summed E-state index contributed by atoms with van der Waals surface area (Å²) in [7, 11) is 0. The molecule has 2 N–H and O–H groups in total.